The van der Waals surface area contributed by atoms with E-state index in [2.05, 4.69) is 50.2 Å². The summed E-state index contributed by atoms with van der Waals surface area (Å²) < 4.78 is 40.5. The zero-order valence-electron chi connectivity index (χ0n) is 28.9. The highest BCUT2D eigenvalue weighted by molar-refractivity contribution is 5.76. The molecule has 7 heteroatoms. The van der Waals surface area contributed by atoms with Gasteiger partial charge in [-0.1, -0.05) is 97.9 Å². The van der Waals surface area contributed by atoms with Gasteiger partial charge in [0.25, 0.3) is 0 Å². The van der Waals surface area contributed by atoms with Gasteiger partial charge in [-0.05, 0) is 56.7 Å². The van der Waals surface area contributed by atoms with E-state index in [0.29, 0.717) is 39.3 Å². The molecular formula is C41H52O7. The van der Waals surface area contributed by atoms with Gasteiger partial charge < -0.3 is 28.4 Å². The molecule has 0 amide bonds. The molecule has 258 valence electrons. The number of ketones is 1. The molecule has 7 nitrogen and oxygen atoms in total. The van der Waals surface area contributed by atoms with Crippen LogP contribution >= 0.6 is 0 Å². The summed E-state index contributed by atoms with van der Waals surface area (Å²) in [6, 6.07) is 30.7. The summed E-state index contributed by atoms with van der Waals surface area (Å²) in [5.74, 6) is 0.170. The predicted octanol–water partition coefficient (Wildman–Crippen LogP) is 7.63. The fourth-order valence-electron chi connectivity index (χ4n) is 7.83. The maximum Gasteiger partial charge on any atom is 0.132 e. The van der Waals surface area contributed by atoms with Crippen molar-refractivity contribution in [2.24, 2.45) is 5.92 Å². The average Bonchev–Trinajstić information content (AvgIpc) is 3.18. The van der Waals surface area contributed by atoms with E-state index in [-0.39, 0.29) is 54.7 Å². The van der Waals surface area contributed by atoms with Gasteiger partial charge in [-0.25, -0.2) is 0 Å². The second kappa shape index (κ2) is 15.8. The number of carbonyl (C=O) groups excluding carboxylic acids is 1. The fraction of sp³-hybridized carbons (Fsp3) is 0.537. The van der Waals surface area contributed by atoms with Gasteiger partial charge in [-0.15, -0.1) is 0 Å². The van der Waals surface area contributed by atoms with Crippen LogP contribution in [0.1, 0.15) is 76.5 Å². The Kier molecular flexibility index (Phi) is 11.5. The first kappa shape index (κ1) is 34.9. The summed E-state index contributed by atoms with van der Waals surface area (Å²) >= 11 is 0. The van der Waals surface area contributed by atoms with Crippen LogP contribution in [0.25, 0.3) is 0 Å². The van der Waals surface area contributed by atoms with Crippen molar-refractivity contribution in [3.8, 4) is 0 Å². The zero-order valence-corrected chi connectivity index (χ0v) is 28.9. The molecule has 3 aromatic rings. The van der Waals surface area contributed by atoms with E-state index in [4.69, 9.17) is 28.4 Å². The molecule has 3 heterocycles. The smallest absolute Gasteiger partial charge is 0.132 e. The molecule has 0 saturated carbocycles. The second-order valence-corrected chi connectivity index (χ2v) is 14.4. The molecular weight excluding hydrogens is 604 g/mol. The van der Waals surface area contributed by atoms with Crippen molar-refractivity contribution in [3.63, 3.8) is 0 Å². The second-order valence-electron chi connectivity index (χ2n) is 14.4. The van der Waals surface area contributed by atoms with Crippen molar-refractivity contribution in [2.75, 3.05) is 6.61 Å². The third kappa shape index (κ3) is 8.44. The van der Waals surface area contributed by atoms with Crippen LogP contribution in [-0.4, -0.2) is 60.2 Å². The van der Waals surface area contributed by atoms with Crippen molar-refractivity contribution < 1.29 is 33.2 Å². The molecule has 3 saturated heterocycles. The molecule has 0 radical (unpaired) electrons. The lowest BCUT2D eigenvalue weighted by Gasteiger charge is -2.54. The Bertz CT molecular complexity index is 1430. The Labute approximate surface area is 286 Å². The molecule has 0 unspecified atom stereocenters. The Morgan fingerprint density at radius 3 is 2.00 bits per heavy atom. The standard InChI is InChI=1S/C41H52O7/c1-29(42)25-41(4)36(44-27-32-16-10-6-11-17-32)20-22-40(3)37(47-41)24-35-39(48-40)38(45-28-33-18-12-7-13-19-33)30(2)34(46-35)21-23-43-26-31-14-8-5-9-15-31/h5-19,30,34-39H,20-28H2,1-4H3/t30-,34+,35-,36+,37+,38+,39-,40-,41-/m1/s1. The lowest BCUT2D eigenvalue weighted by molar-refractivity contribution is -0.317. The minimum Gasteiger partial charge on any atom is -0.377 e. The predicted molar refractivity (Wildman–Crippen MR) is 184 cm³/mol. The van der Waals surface area contributed by atoms with Crippen LogP contribution in [0.2, 0.25) is 0 Å². The van der Waals surface area contributed by atoms with E-state index in [9.17, 15) is 4.79 Å². The van der Waals surface area contributed by atoms with E-state index >= 15 is 0 Å². The molecule has 3 fully saturated rings. The Balaban J connectivity index is 1.20. The molecule has 0 N–H and O–H groups in total. The topological polar surface area (TPSA) is 72.5 Å². The first-order valence-electron chi connectivity index (χ1n) is 17.7. The van der Waals surface area contributed by atoms with Crippen LogP contribution < -0.4 is 0 Å². The van der Waals surface area contributed by atoms with E-state index in [1.54, 1.807) is 6.92 Å². The van der Waals surface area contributed by atoms with Gasteiger partial charge in [0.2, 0.25) is 0 Å². The number of benzene rings is 3. The molecule has 3 aromatic carbocycles. The number of ether oxygens (including phenoxy) is 6. The van der Waals surface area contributed by atoms with Gasteiger partial charge >= 0.3 is 0 Å². The molecule has 48 heavy (non-hydrogen) atoms. The summed E-state index contributed by atoms with van der Waals surface area (Å²) in [6.07, 6.45) is 1.89. The van der Waals surface area contributed by atoms with Crippen LogP contribution in [-0.2, 0) is 53.0 Å². The molecule has 0 aliphatic carbocycles. The van der Waals surface area contributed by atoms with Crippen LogP contribution in [0.4, 0.5) is 0 Å². The lowest BCUT2D eigenvalue weighted by atomic mass is 9.78. The number of rotatable bonds is 13. The molecule has 3 aliphatic heterocycles. The van der Waals surface area contributed by atoms with Crippen LogP contribution in [0.3, 0.4) is 0 Å². The van der Waals surface area contributed by atoms with Crippen molar-refractivity contribution >= 4 is 5.78 Å². The van der Waals surface area contributed by atoms with E-state index < -0.39 is 11.2 Å². The van der Waals surface area contributed by atoms with Gasteiger partial charge in [-0.3, -0.25) is 4.79 Å². The minimum atomic E-state index is -0.797. The van der Waals surface area contributed by atoms with Crippen molar-refractivity contribution in [2.45, 2.75) is 127 Å². The maximum absolute atomic E-state index is 12.6. The van der Waals surface area contributed by atoms with Crippen molar-refractivity contribution in [1.82, 2.24) is 0 Å². The summed E-state index contributed by atoms with van der Waals surface area (Å²) in [6.45, 7) is 10.2. The fourth-order valence-corrected chi connectivity index (χ4v) is 7.83. The monoisotopic (exact) mass is 656 g/mol. The Morgan fingerprint density at radius 1 is 0.812 bits per heavy atom. The quantitative estimate of drug-likeness (QED) is 0.175. The third-order valence-electron chi connectivity index (χ3n) is 10.5. The molecule has 9 atom stereocenters. The highest BCUT2D eigenvalue weighted by Gasteiger charge is 2.58. The van der Waals surface area contributed by atoms with Crippen molar-refractivity contribution in [3.05, 3.63) is 108 Å². The molecule has 6 rings (SSSR count). The highest BCUT2D eigenvalue weighted by atomic mass is 16.6. The van der Waals surface area contributed by atoms with Gasteiger partial charge in [0.05, 0.1) is 61.5 Å². The Hall–Kier alpha value is -2.91. The largest absolute Gasteiger partial charge is 0.377 e. The molecule has 3 aliphatic rings. The third-order valence-corrected chi connectivity index (χ3v) is 10.5. The SMILES string of the molecule is CC(=O)C[C@@]1(C)O[C@H]2C[C@H]3O[C@@H](CCOCc4ccccc4)[C@@H](C)[C@H](OCc4ccccc4)[C@@H]3O[C@]2(C)CC[C@@H]1OCc1ccccc1. The first-order valence-corrected chi connectivity index (χ1v) is 17.7. The van der Waals surface area contributed by atoms with E-state index in [1.807, 2.05) is 61.5 Å². The molecule has 0 bridgehead atoms. The van der Waals surface area contributed by atoms with Crippen LogP contribution in [0, 0.1) is 5.92 Å². The number of hydrogen-bond acceptors (Lipinski definition) is 7. The van der Waals surface area contributed by atoms with Gasteiger partial charge in [0, 0.05) is 25.4 Å². The van der Waals surface area contributed by atoms with E-state index in [0.717, 1.165) is 29.5 Å². The highest BCUT2D eigenvalue weighted by Crippen LogP contribution is 2.48. The van der Waals surface area contributed by atoms with Crippen LogP contribution in [0.15, 0.2) is 91.0 Å². The number of hydrogen-bond donors (Lipinski definition) is 0. The number of Topliss-reactive ketones (excluding diaryl/α,β-unsaturated/α-hetero) is 1. The first-order chi connectivity index (χ1) is 23.2. The summed E-state index contributed by atoms with van der Waals surface area (Å²) in [4.78, 5) is 12.6. The van der Waals surface area contributed by atoms with Crippen molar-refractivity contribution in [1.29, 1.82) is 0 Å². The zero-order chi connectivity index (χ0) is 33.6. The number of carbonyl (C=O) groups is 1. The van der Waals surface area contributed by atoms with E-state index in [1.165, 1.54) is 0 Å². The number of fused-ring (bicyclic) bond motifs is 2. The lowest BCUT2D eigenvalue weighted by Crippen LogP contribution is -2.65. The van der Waals surface area contributed by atoms with Gasteiger partial charge in [0.15, 0.2) is 0 Å². The van der Waals surface area contributed by atoms with Gasteiger partial charge in [0.1, 0.15) is 11.9 Å². The summed E-state index contributed by atoms with van der Waals surface area (Å²) in [5.41, 5.74) is 2.00. The Morgan fingerprint density at radius 2 is 1.40 bits per heavy atom. The summed E-state index contributed by atoms with van der Waals surface area (Å²) in [5, 5.41) is 0. The molecule has 0 aromatic heterocycles. The maximum atomic E-state index is 12.6. The van der Waals surface area contributed by atoms with Gasteiger partial charge in [-0.2, -0.15) is 0 Å². The summed E-state index contributed by atoms with van der Waals surface area (Å²) in [7, 11) is 0. The van der Waals surface area contributed by atoms with Crippen LogP contribution in [0.5, 0.6) is 0 Å². The molecule has 0 spiro atoms. The minimum absolute atomic E-state index is 0.0629. The average molecular weight is 657 g/mol. The normalized spacial score (nSPS) is 33.3.